The number of rotatable bonds is 9. The number of fused-ring (bicyclic) bond motifs is 1. The predicted molar refractivity (Wildman–Crippen MR) is 101 cm³/mol. The van der Waals surface area contributed by atoms with Gasteiger partial charge in [-0.2, -0.15) is 0 Å². The molecule has 0 saturated carbocycles. The number of hydrogen-bond acceptors (Lipinski definition) is 7. The third-order valence-electron chi connectivity index (χ3n) is 3.08. The summed E-state index contributed by atoms with van der Waals surface area (Å²) < 4.78 is 20.9. The third kappa shape index (κ3) is 5.26. The monoisotopic (exact) mass is 389 g/mol. The molecule has 0 bridgehead atoms. The highest BCUT2D eigenvalue weighted by Gasteiger charge is 2.24. The molecular weight excluding hydrogens is 370 g/mol. The zero-order valence-electron chi connectivity index (χ0n) is 12.9. The zero-order valence-corrected chi connectivity index (χ0v) is 16.1. The number of thioether (sulfide) groups is 4. The van der Waals surface area contributed by atoms with Gasteiger partial charge in [-0.05, 0) is 10.8 Å². The molecule has 4 nitrogen and oxygen atoms in total. The maximum absolute atomic E-state index is 5.60. The average molecular weight is 390 g/mol. The van der Waals surface area contributed by atoms with Crippen LogP contribution in [0.25, 0.3) is 0 Å². The van der Waals surface area contributed by atoms with Crippen molar-refractivity contribution in [2.75, 3.05) is 40.1 Å². The van der Waals surface area contributed by atoms with E-state index < -0.39 is 0 Å². The normalized spacial score (nSPS) is 16.6. The standard InChI is InChI=1S/C15H19NO3S4/c1-17-4-5-19-7-6-18-3-2-16-10-12-13(11-16)23-15(22-12)14-20-8-9-21-14/h8-11H,2-7H2,1H3. The number of nitrogens with zero attached hydrogens (tertiary/aromatic N) is 1. The Bertz CT molecular complexity index is 550. The molecule has 0 unspecified atom stereocenters. The molecule has 0 fully saturated rings. The highest BCUT2D eigenvalue weighted by atomic mass is 32.2. The van der Waals surface area contributed by atoms with E-state index in [2.05, 4.69) is 27.8 Å². The van der Waals surface area contributed by atoms with Crippen LogP contribution in [-0.2, 0) is 20.8 Å². The molecule has 3 rings (SSSR count). The molecule has 1 aromatic rings. The Balaban J connectivity index is 1.35. The van der Waals surface area contributed by atoms with Crippen molar-refractivity contribution in [1.82, 2.24) is 4.57 Å². The van der Waals surface area contributed by atoms with Crippen LogP contribution in [0.15, 0.2) is 41.5 Å². The van der Waals surface area contributed by atoms with Crippen molar-refractivity contribution in [1.29, 1.82) is 0 Å². The second kappa shape index (κ2) is 9.50. The summed E-state index contributed by atoms with van der Waals surface area (Å²) in [6.45, 7) is 4.10. The second-order valence-electron chi connectivity index (χ2n) is 4.73. The summed E-state index contributed by atoms with van der Waals surface area (Å²) >= 11 is 7.39. The summed E-state index contributed by atoms with van der Waals surface area (Å²) in [5, 5.41) is 4.29. The molecule has 1 aromatic heterocycles. The first-order valence-electron chi connectivity index (χ1n) is 7.29. The molecule has 2 aliphatic heterocycles. The molecule has 23 heavy (non-hydrogen) atoms. The van der Waals surface area contributed by atoms with Crippen molar-refractivity contribution in [3.05, 3.63) is 31.7 Å². The molecule has 3 heterocycles. The Morgan fingerprint density at radius 3 is 2.09 bits per heavy atom. The van der Waals surface area contributed by atoms with Crippen LogP contribution in [0.5, 0.6) is 0 Å². The van der Waals surface area contributed by atoms with Crippen LogP contribution in [-0.4, -0.2) is 44.7 Å². The topological polar surface area (TPSA) is 32.6 Å². The first-order chi connectivity index (χ1) is 11.4. The lowest BCUT2D eigenvalue weighted by Gasteiger charge is -2.07. The van der Waals surface area contributed by atoms with E-state index in [0.717, 1.165) is 6.54 Å². The van der Waals surface area contributed by atoms with Crippen molar-refractivity contribution >= 4 is 47.0 Å². The lowest BCUT2D eigenvalue weighted by Crippen LogP contribution is -2.11. The first-order valence-corrected chi connectivity index (χ1v) is 10.7. The summed E-state index contributed by atoms with van der Waals surface area (Å²) in [6, 6.07) is 0. The molecule has 0 N–H and O–H groups in total. The van der Waals surface area contributed by atoms with Gasteiger partial charge in [0.05, 0.1) is 41.5 Å². The Morgan fingerprint density at radius 1 is 0.826 bits per heavy atom. The number of methoxy groups -OCH3 is 1. The minimum Gasteiger partial charge on any atom is -0.382 e. The van der Waals surface area contributed by atoms with Gasteiger partial charge in [-0.25, -0.2) is 0 Å². The zero-order chi connectivity index (χ0) is 15.9. The van der Waals surface area contributed by atoms with Gasteiger partial charge in [0.15, 0.2) is 0 Å². The summed E-state index contributed by atoms with van der Waals surface area (Å²) in [7, 11) is 1.67. The lowest BCUT2D eigenvalue weighted by molar-refractivity contribution is 0.0230. The Kier molecular flexibility index (Phi) is 7.38. The fourth-order valence-electron chi connectivity index (χ4n) is 1.99. The van der Waals surface area contributed by atoms with E-state index >= 15 is 0 Å². The summed E-state index contributed by atoms with van der Waals surface area (Å²) in [6.07, 6.45) is 4.44. The molecular formula is C15H19NO3S4. The van der Waals surface area contributed by atoms with Gasteiger partial charge in [-0.1, -0.05) is 47.0 Å². The molecule has 0 atom stereocenters. The van der Waals surface area contributed by atoms with Crippen LogP contribution in [0.4, 0.5) is 0 Å². The molecule has 0 aromatic carbocycles. The van der Waals surface area contributed by atoms with Crippen LogP contribution < -0.4 is 0 Å². The molecule has 0 radical (unpaired) electrons. The Morgan fingerprint density at radius 2 is 1.43 bits per heavy atom. The van der Waals surface area contributed by atoms with E-state index in [-0.39, 0.29) is 0 Å². The van der Waals surface area contributed by atoms with Crippen molar-refractivity contribution in [3.63, 3.8) is 0 Å². The largest absolute Gasteiger partial charge is 0.382 e. The van der Waals surface area contributed by atoms with Gasteiger partial charge in [-0.3, -0.25) is 0 Å². The minimum absolute atomic E-state index is 0.623. The fourth-order valence-corrected chi connectivity index (χ4v) is 6.71. The van der Waals surface area contributed by atoms with Crippen molar-refractivity contribution in [2.45, 2.75) is 16.3 Å². The smallest absolute Gasteiger partial charge is 0.0707 e. The van der Waals surface area contributed by atoms with Gasteiger partial charge in [0.2, 0.25) is 0 Å². The Labute approximate surface area is 153 Å². The van der Waals surface area contributed by atoms with Crippen molar-refractivity contribution in [3.8, 4) is 0 Å². The van der Waals surface area contributed by atoms with Crippen LogP contribution in [0.1, 0.15) is 0 Å². The number of aromatic nitrogens is 1. The SMILES string of the molecule is COCCOCCOCCn1cc2c(c1)SC(=C1SC=CS1)S2. The number of hydrogen-bond donors (Lipinski definition) is 0. The highest BCUT2D eigenvalue weighted by Crippen LogP contribution is 2.57. The molecule has 126 valence electrons. The van der Waals surface area contributed by atoms with Crippen LogP contribution in [0.3, 0.4) is 0 Å². The van der Waals surface area contributed by atoms with E-state index in [1.165, 1.54) is 18.3 Å². The summed E-state index contributed by atoms with van der Waals surface area (Å²) in [5.74, 6) is 0. The fraction of sp³-hybridized carbons (Fsp3) is 0.467. The van der Waals surface area contributed by atoms with Crippen LogP contribution >= 0.6 is 47.0 Å². The van der Waals surface area contributed by atoms with E-state index in [4.69, 9.17) is 14.2 Å². The second-order valence-corrected chi connectivity index (χ2v) is 9.18. The van der Waals surface area contributed by atoms with Crippen LogP contribution in [0, 0.1) is 0 Å². The summed E-state index contributed by atoms with van der Waals surface area (Å²) in [5.41, 5.74) is 0. The van der Waals surface area contributed by atoms with E-state index in [9.17, 15) is 0 Å². The van der Waals surface area contributed by atoms with Gasteiger partial charge < -0.3 is 18.8 Å². The molecule has 0 aliphatic carbocycles. The van der Waals surface area contributed by atoms with E-state index in [1.54, 1.807) is 7.11 Å². The van der Waals surface area contributed by atoms with Gasteiger partial charge in [0, 0.05) is 35.8 Å². The maximum Gasteiger partial charge on any atom is 0.0707 e. The summed E-state index contributed by atoms with van der Waals surface area (Å²) in [4.78, 5) is 2.71. The predicted octanol–water partition coefficient (Wildman–Crippen LogP) is 4.44. The van der Waals surface area contributed by atoms with Crippen molar-refractivity contribution < 1.29 is 14.2 Å². The number of ether oxygens (including phenoxy) is 3. The van der Waals surface area contributed by atoms with Gasteiger partial charge in [-0.15, -0.1) is 0 Å². The molecule has 8 heteroatoms. The molecule has 0 amide bonds. The van der Waals surface area contributed by atoms with E-state index in [1.807, 2.05) is 47.0 Å². The van der Waals surface area contributed by atoms with E-state index in [0.29, 0.717) is 33.0 Å². The van der Waals surface area contributed by atoms with Gasteiger partial charge in [0.1, 0.15) is 0 Å². The first kappa shape index (κ1) is 17.8. The molecule has 0 spiro atoms. The quantitative estimate of drug-likeness (QED) is 0.577. The lowest BCUT2D eigenvalue weighted by atomic mass is 10.6. The van der Waals surface area contributed by atoms with Gasteiger partial charge >= 0.3 is 0 Å². The third-order valence-corrected chi connectivity index (χ3v) is 8.23. The average Bonchev–Trinajstić information content (AvgIpc) is 3.24. The maximum atomic E-state index is 5.60. The minimum atomic E-state index is 0.623. The highest BCUT2D eigenvalue weighted by molar-refractivity contribution is 8.32. The molecule has 0 saturated heterocycles. The van der Waals surface area contributed by atoms with Gasteiger partial charge in [0.25, 0.3) is 0 Å². The Hall–Kier alpha value is 0.0400. The van der Waals surface area contributed by atoms with Crippen LogP contribution in [0.2, 0.25) is 0 Å². The van der Waals surface area contributed by atoms with Crippen molar-refractivity contribution in [2.24, 2.45) is 0 Å². The molecule has 2 aliphatic rings.